The van der Waals surface area contributed by atoms with Crippen LogP contribution in [0.15, 0.2) is 72.8 Å². The van der Waals surface area contributed by atoms with Crippen LogP contribution >= 0.6 is 0 Å². The van der Waals surface area contributed by atoms with Crippen LogP contribution in [0.2, 0.25) is 0 Å². The molecule has 0 aliphatic rings. The van der Waals surface area contributed by atoms with Gasteiger partial charge >= 0.3 is 0 Å². The molecule has 0 saturated heterocycles. The van der Waals surface area contributed by atoms with E-state index in [0.717, 1.165) is 16.7 Å². The minimum Gasteiger partial charge on any atom is -0.346 e. The molecule has 3 aromatic carbocycles. The van der Waals surface area contributed by atoms with Gasteiger partial charge in [0.2, 0.25) is 10.0 Å². The van der Waals surface area contributed by atoms with Gasteiger partial charge in [-0.05, 0) is 61.7 Å². The molecular formula is C25H28N2O3S. The SMILES string of the molecule is Cc1ccc([C@@H](C)NC(=O)c2ccc(CN(c3cccc(C)c3)S(C)(=O)=O)cc2)cc1. The molecule has 0 aromatic heterocycles. The van der Waals surface area contributed by atoms with Crippen LogP contribution in [-0.4, -0.2) is 20.6 Å². The van der Waals surface area contributed by atoms with Gasteiger partial charge in [0, 0.05) is 5.56 Å². The first-order valence-electron chi connectivity index (χ1n) is 10.1. The van der Waals surface area contributed by atoms with Crippen molar-refractivity contribution in [3.05, 3.63) is 101 Å². The summed E-state index contributed by atoms with van der Waals surface area (Å²) < 4.78 is 26.1. The number of nitrogens with one attached hydrogen (secondary N) is 1. The van der Waals surface area contributed by atoms with Crippen molar-refractivity contribution in [2.75, 3.05) is 10.6 Å². The molecule has 0 bridgehead atoms. The second-order valence-electron chi connectivity index (χ2n) is 7.91. The predicted molar refractivity (Wildman–Crippen MR) is 126 cm³/mol. The minimum absolute atomic E-state index is 0.116. The average molecular weight is 437 g/mol. The lowest BCUT2D eigenvalue weighted by molar-refractivity contribution is 0.0940. The van der Waals surface area contributed by atoms with E-state index in [1.54, 1.807) is 30.3 Å². The number of aryl methyl sites for hydroxylation is 2. The zero-order valence-corrected chi connectivity index (χ0v) is 19.1. The highest BCUT2D eigenvalue weighted by Gasteiger charge is 2.18. The van der Waals surface area contributed by atoms with Gasteiger partial charge in [0.1, 0.15) is 0 Å². The second kappa shape index (κ2) is 9.35. The van der Waals surface area contributed by atoms with E-state index in [0.29, 0.717) is 11.3 Å². The van der Waals surface area contributed by atoms with Gasteiger partial charge in [0.25, 0.3) is 5.91 Å². The molecule has 162 valence electrons. The number of carbonyl (C=O) groups excluding carboxylic acids is 1. The van der Waals surface area contributed by atoms with Gasteiger partial charge in [-0.3, -0.25) is 9.10 Å². The van der Waals surface area contributed by atoms with Gasteiger partial charge in [-0.25, -0.2) is 8.42 Å². The van der Waals surface area contributed by atoms with Crippen molar-refractivity contribution in [2.45, 2.75) is 33.4 Å². The topological polar surface area (TPSA) is 66.5 Å². The van der Waals surface area contributed by atoms with Crippen LogP contribution in [0.4, 0.5) is 5.69 Å². The van der Waals surface area contributed by atoms with Gasteiger partial charge < -0.3 is 5.32 Å². The highest BCUT2D eigenvalue weighted by atomic mass is 32.2. The molecule has 0 fully saturated rings. The first kappa shape index (κ1) is 22.6. The van der Waals surface area contributed by atoms with Crippen LogP contribution in [-0.2, 0) is 16.6 Å². The summed E-state index contributed by atoms with van der Waals surface area (Å²) in [7, 11) is -3.45. The lowest BCUT2D eigenvalue weighted by Crippen LogP contribution is -2.29. The van der Waals surface area contributed by atoms with Crippen LogP contribution in [0.25, 0.3) is 0 Å². The van der Waals surface area contributed by atoms with Gasteiger partial charge in [-0.15, -0.1) is 0 Å². The molecule has 31 heavy (non-hydrogen) atoms. The number of carbonyl (C=O) groups is 1. The van der Waals surface area contributed by atoms with Gasteiger partial charge in [-0.2, -0.15) is 0 Å². The van der Waals surface area contributed by atoms with E-state index in [-0.39, 0.29) is 18.5 Å². The number of nitrogens with zero attached hydrogens (tertiary/aromatic N) is 1. The summed E-state index contributed by atoms with van der Waals surface area (Å²) in [6.07, 6.45) is 1.20. The lowest BCUT2D eigenvalue weighted by atomic mass is 10.1. The van der Waals surface area contributed by atoms with Crippen molar-refractivity contribution >= 4 is 21.6 Å². The average Bonchev–Trinajstić information content (AvgIpc) is 2.72. The summed E-state index contributed by atoms with van der Waals surface area (Å²) in [6, 6.07) is 22.4. The van der Waals surface area contributed by atoms with E-state index in [1.807, 2.05) is 63.2 Å². The fraction of sp³-hybridized carbons (Fsp3) is 0.240. The van der Waals surface area contributed by atoms with Crippen LogP contribution in [0.3, 0.4) is 0 Å². The van der Waals surface area contributed by atoms with Gasteiger partial charge in [-0.1, -0.05) is 54.1 Å². The molecule has 0 heterocycles. The normalized spacial score (nSPS) is 12.3. The largest absolute Gasteiger partial charge is 0.346 e. The van der Waals surface area contributed by atoms with Crippen molar-refractivity contribution in [1.29, 1.82) is 0 Å². The molecule has 3 rings (SSSR count). The smallest absolute Gasteiger partial charge is 0.251 e. The Kier molecular flexibility index (Phi) is 6.81. The van der Waals surface area contributed by atoms with Gasteiger partial charge in [0.05, 0.1) is 24.5 Å². The maximum atomic E-state index is 12.6. The molecule has 1 atom stereocenters. The van der Waals surface area contributed by atoms with E-state index >= 15 is 0 Å². The van der Waals surface area contributed by atoms with Crippen LogP contribution in [0.1, 0.15) is 45.6 Å². The maximum absolute atomic E-state index is 12.6. The number of benzene rings is 3. The van der Waals surface area contributed by atoms with Crippen molar-refractivity contribution < 1.29 is 13.2 Å². The molecular weight excluding hydrogens is 408 g/mol. The van der Waals surface area contributed by atoms with E-state index in [9.17, 15) is 13.2 Å². The summed E-state index contributed by atoms with van der Waals surface area (Å²) in [4.78, 5) is 12.6. The summed E-state index contributed by atoms with van der Waals surface area (Å²) >= 11 is 0. The fourth-order valence-corrected chi connectivity index (χ4v) is 4.21. The zero-order chi connectivity index (χ0) is 22.6. The number of sulfonamides is 1. The summed E-state index contributed by atoms with van der Waals surface area (Å²) in [5.41, 5.74) is 5.15. The first-order chi connectivity index (χ1) is 14.6. The second-order valence-corrected chi connectivity index (χ2v) is 9.82. The number of rotatable bonds is 7. The van der Waals surface area contributed by atoms with E-state index in [4.69, 9.17) is 0 Å². The van der Waals surface area contributed by atoms with Gasteiger partial charge in [0.15, 0.2) is 0 Å². The summed E-state index contributed by atoms with van der Waals surface area (Å²) in [6.45, 7) is 6.10. The third-order valence-electron chi connectivity index (χ3n) is 5.16. The Morgan fingerprint density at radius 1 is 0.935 bits per heavy atom. The maximum Gasteiger partial charge on any atom is 0.251 e. The highest BCUT2D eigenvalue weighted by molar-refractivity contribution is 7.92. The van der Waals surface area contributed by atoms with Crippen molar-refractivity contribution in [1.82, 2.24) is 5.32 Å². The highest BCUT2D eigenvalue weighted by Crippen LogP contribution is 2.22. The molecule has 3 aromatic rings. The molecule has 1 N–H and O–H groups in total. The predicted octanol–water partition coefficient (Wildman–Crippen LogP) is 4.76. The van der Waals surface area contributed by atoms with E-state index in [1.165, 1.54) is 16.1 Å². The Labute approximate surface area is 184 Å². The van der Waals surface area contributed by atoms with Crippen molar-refractivity contribution in [3.8, 4) is 0 Å². The molecule has 5 nitrogen and oxygen atoms in total. The number of amides is 1. The van der Waals surface area contributed by atoms with Crippen LogP contribution in [0, 0.1) is 13.8 Å². The molecule has 0 aliphatic carbocycles. The Balaban J connectivity index is 1.72. The number of anilines is 1. The molecule has 0 saturated carbocycles. The Hall–Kier alpha value is -3.12. The Morgan fingerprint density at radius 3 is 2.16 bits per heavy atom. The molecule has 1 amide bonds. The Morgan fingerprint density at radius 2 is 1.58 bits per heavy atom. The fourth-order valence-electron chi connectivity index (χ4n) is 3.33. The van der Waals surface area contributed by atoms with E-state index < -0.39 is 10.0 Å². The molecule has 6 heteroatoms. The monoisotopic (exact) mass is 436 g/mol. The quantitative estimate of drug-likeness (QED) is 0.581. The number of hydrogen-bond donors (Lipinski definition) is 1. The standard InChI is InChI=1S/C25H28N2O3S/c1-18-8-12-22(13-9-18)20(3)26-25(28)23-14-10-21(11-15-23)17-27(31(4,29)30)24-7-5-6-19(2)16-24/h5-16,20H,17H2,1-4H3,(H,26,28)/t20-/m1/s1. The first-order valence-corrected chi connectivity index (χ1v) is 12.0. The van der Waals surface area contributed by atoms with Crippen LogP contribution in [0.5, 0.6) is 0 Å². The summed E-state index contributed by atoms with van der Waals surface area (Å²) in [5, 5.41) is 3.00. The summed E-state index contributed by atoms with van der Waals surface area (Å²) in [5.74, 6) is -0.168. The molecule has 0 radical (unpaired) electrons. The van der Waals surface area contributed by atoms with E-state index in [2.05, 4.69) is 5.32 Å². The van der Waals surface area contributed by atoms with Crippen molar-refractivity contribution in [2.24, 2.45) is 0 Å². The zero-order valence-electron chi connectivity index (χ0n) is 18.3. The minimum atomic E-state index is -3.45. The molecule has 0 spiro atoms. The molecule has 0 unspecified atom stereocenters. The van der Waals surface area contributed by atoms with Crippen molar-refractivity contribution in [3.63, 3.8) is 0 Å². The number of hydrogen-bond acceptors (Lipinski definition) is 3. The lowest BCUT2D eigenvalue weighted by Gasteiger charge is -2.23. The Bertz CT molecular complexity index is 1150. The van der Waals surface area contributed by atoms with Crippen LogP contribution < -0.4 is 9.62 Å². The third-order valence-corrected chi connectivity index (χ3v) is 6.30. The third kappa shape index (κ3) is 5.95. The molecule has 0 aliphatic heterocycles.